The molecule has 0 aliphatic rings. The molecule has 1 aromatic carbocycles. The molecule has 186 valence electrons. The van der Waals surface area contributed by atoms with E-state index in [2.05, 4.69) is 0 Å². The summed E-state index contributed by atoms with van der Waals surface area (Å²) in [5.74, 6) is -40.7. The van der Waals surface area contributed by atoms with Gasteiger partial charge >= 0.3 is 35.8 Å². The van der Waals surface area contributed by atoms with Gasteiger partial charge in [0, 0.05) is 0 Å². The van der Waals surface area contributed by atoms with E-state index in [1.165, 1.54) is 12.1 Å². The molecule has 14 heteroatoms. The van der Waals surface area contributed by atoms with Crippen molar-refractivity contribution in [1.82, 2.24) is 0 Å². The van der Waals surface area contributed by atoms with Crippen LogP contribution in [-0.2, 0) is 6.42 Å². The van der Waals surface area contributed by atoms with Crippen LogP contribution in [-0.4, -0.2) is 40.9 Å². The van der Waals surface area contributed by atoms with Crippen LogP contribution in [0.3, 0.4) is 0 Å². The van der Waals surface area contributed by atoms with Gasteiger partial charge in [-0.2, -0.15) is 57.1 Å². The van der Waals surface area contributed by atoms with Gasteiger partial charge in [0.25, 0.3) is 0 Å². The fraction of sp³-hybridized carbons (Fsp3) is 0.667. The lowest BCUT2D eigenvalue weighted by Crippen LogP contribution is -2.71. The average molecular weight is 496 g/mol. The fourth-order valence-corrected chi connectivity index (χ4v) is 2.72. The van der Waals surface area contributed by atoms with Crippen molar-refractivity contribution in [3.05, 3.63) is 35.4 Å². The Labute approximate surface area is 173 Å². The third-order valence-corrected chi connectivity index (χ3v) is 4.86. The number of aliphatic hydroxyl groups is 1. The first-order valence-electron chi connectivity index (χ1n) is 8.84. The maximum Gasteiger partial charge on any atom is 0.460 e. The molecule has 0 fully saturated rings. The maximum atomic E-state index is 14.2. The van der Waals surface area contributed by atoms with Crippen molar-refractivity contribution in [3.63, 3.8) is 0 Å². The van der Waals surface area contributed by atoms with Crippen LogP contribution in [0, 0.1) is 5.92 Å². The van der Waals surface area contributed by atoms with Gasteiger partial charge in [-0.05, 0) is 17.5 Å². The second-order valence-corrected chi connectivity index (χ2v) is 7.14. The fourth-order valence-electron chi connectivity index (χ4n) is 2.72. The molecule has 0 aliphatic heterocycles. The van der Waals surface area contributed by atoms with Crippen LogP contribution >= 0.6 is 0 Å². The SMILES string of the molecule is CCCc1ccc(C(O)C(C)C(F)(F)C(F)(F)C(F)(F)C(F)(F)C(F)(F)C(F)(F)F)cc1. The molecule has 0 saturated heterocycles. The van der Waals surface area contributed by atoms with Crippen molar-refractivity contribution in [3.8, 4) is 0 Å². The third-order valence-electron chi connectivity index (χ3n) is 4.86. The first-order valence-corrected chi connectivity index (χ1v) is 8.84. The molecule has 2 atom stereocenters. The lowest BCUT2D eigenvalue weighted by atomic mass is 9.83. The van der Waals surface area contributed by atoms with Crippen molar-refractivity contribution in [2.75, 3.05) is 0 Å². The van der Waals surface area contributed by atoms with E-state index >= 15 is 0 Å². The first-order chi connectivity index (χ1) is 14.1. The number of hydrogen-bond donors (Lipinski definition) is 1. The van der Waals surface area contributed by atoms with Gasteiger partial charge in [0.15, 0.2) is 0 Å². The lowest BCUT2D eigenvalue weighted by Gasteiger charge is -2.42. The number of aryl methyl sites for hydroxylation is 1. The summed E-state index contributed by atoms with van der Waals surface area (Å²) in [5.41, 5.74) is 0.0669. The number of hydrogen-bond acceptors (Lipinski definition) is 1. The molecule has 0 aliphatic carbocycles. The Bertz CT molecular complexity index is 768. The Hall–Kier alpha value is -1.73. The van der Waals surface area contributed by atoms with Crippen molar-refractivity contribution >= 4 is 0 Å². The Morgan fingerprint density at radius 3 is 1.47 bits per heavy atom. The standard InChI is InChI=1S/C18H17F13O/c1-3-4-10-5-7-11(8-6-10)12(32)9(2)13(19,20)14(21,22)15(23,24)16(25,26)17(27,28)18(29,30)31/h5-9,12,32H,3-4H2,1-2H3. The van der Waals surface area contributed by atoms with Crippen molar-refractivity contribution in [1.29, 1.82) is 0 Å². The van der Waals surface area contributed by atoms with E-state index in [1.807, 2.05) is 0 Å². The number of aliphatic hydroxyl groups excluding tert-OH is 1. The number of benzene rings is 1. The van der Waals surface area contributed by atoms with Crippen LogP contribution in [0.4, 0.5) is 57.1 Å². The van der Waals surface area contributed by atoms with E-state index < -0.39 is 53.4 Å². The lowest BCUT2D eigenvalue weighted by molar-refractivity contribution is -0.444. The highest BCUT2D eigenvalue weighted by atomic mass is 19.4. The summed E-state index contributed by atoms with van der Waals surface area (Å²) in [6.07, 6.45) is -9.04. The molecule has 0 spiro atoms. The topological polar surface area (TPSA) is 20.2 Å². The van der Waals surface area contributed by atoms with Crippen LogP contribution in [0.25, 0.3) is 0 Å². The van der Waals surface area contributed by atoms with Crippen LogP contribution < -0.4 is 0 Å². The Morgan fingerprint density at radius 1 is 0.688 bits per heavy atom. The summed E-state index contributed by atoms with van der Waals surface area (Å²) in [6.45, 7) is 1.79. The molecule has 0 saturated carbocycles. The van der Waals surface area contributed by atoms with Gasteiger partial charge in [-0.15, -0.1) is 0 Å². The third kappa shape index (κ3) is 4.26. The van der Waals surface area contributed by atoms with Crippen molar-refractivity contribution in [2.24, 2.45) is 5.92 Å². The molecule has 0 aromatic heterocycles. The van der Waals surface area contributed by atoms with Gasteiger partial charge < -0.3 is 5.11 Å². The smallest absolute Gasteiger partial charge is 0.388 e. The van der Waals surface area contributed by atoms with Gasteiger partial charge in [-0.3, -0.25) is 0 Å². The van der Waals surface area contributed by atoms with Gasteiger partial charge in [0.05, 0.1) is 12.0 Å². The molecule has 0 radical (unpaired) electrons. The highest BCUT2D eigenvalue weighted by Gasteiger charge is 2.91. The zero-order chi connectivity index (χ0) is 25.6. The van der Waals surface area contributed by atoms with Gasteiger partial charge in [0.2, 0.25) is 0 Å². The molecule has 1 nitrogen and oxygen atoms in total. The predicted octanol–water partition coefficient (Wildman–Crippen LogP) is 7.05. The molecule has 1 rings (SSSR count). The van der Waals surface area contributed by atoms with Gasteiger partial charge in [0.1, 0.15) is 0 Å². The molecular formula is C18H17F13O. The van der Waals surface area contributed by atoms with Crippen LogP contribution in [0.15, 0.2) is 24.3 Å². The van der Waals surface area contributed by atoms with E-state index in [1.54, 1.807) is 6.92 Å². The highest BCUT2D eigenvalue weighted by Crippen LogP contribution is 2.61. The minimum atomic E-state index is -7.96. The van der Waals surface area contributed by atoms with Crippen LogP contribution in [0.5, 0.6) is 0 Å². The molecule has 1 N–H and O–H groups in total. The minimum Gasteiger partial charge on any atom is -0.388 e. The highest BCUT2D eigenvalue weighted by molar-refractivity contribution is 5.25. The monoisotopic (exact) mass is 496 g/mol. The molecule has 2 unspecified atom stereocenters. The summed E-state index contributed by atoms with van der Waals surface area (Å²) >= 11 is 0. The summed E-state index contributed by atoms with van der Waals surface area (Å²) in [7, 11) is 0. The van der Waals surface area contributed by atoms with E-state index in [4.69, 9.17) is 0 Å². The normalized spacial score (nSPS) is 16.8. The van der Waals surface area contributed by atoms with Gasteiger partial charge in [-0.1, -0.05) is 44.5 Å². The van der Waals surface area contributed by atoms with Gasteiger partial charge in [-0.25, -0.2) is 0 Å². The number of alkyl halides is 13. The number of halogens is 13. The van der Waals surface area contributed by atoms with Crippen LogP contribution in [0.1, 0.15) is 37.5 Å². The average Bonchev–Trinajstić information content (AvgIpc) is 2.66. The summed E-state index contributed by atoms with van der Waals surface area (Å²) in [6, 6.07) is 4.42. The zero-order valence-corrected chi connectivity index (χ0v) is 16.2. The Balaban J connectivity index is 3.39. The second-order valence-electron chi connectivity index (χ2n) is 7.14. The second kappa shape index (κ2) is 8.56. The van der Waals surface area contributed by atoms with Crippen LogP contribution in [0.2, 0.25) is 0 Å². The molecule has 0 heterocycles. The minimum absolute atomic E-state index is 0.0225. The summed E-state index contributed by atoms with van der Waals surface area (Å²) in [4.78, 5) is 0. The summed E-state index contributed by atoms with van der Waals surface area (Å²) < 4.78 is 172. The molecule has 1 aromatic rings. The molecule has 32 heavy (non-hydrogen) atoms. The molecule has 0 amide bonds. The van der Waals surface area contributed by atoms with E-state index in [9.17, 15) is 62.2 Å². The van der Waals surface area contributed by atoms with E-state index in [0.29, 0.717) is 18.4 Å². The number of rotatable bonds is 9. The Morgan fingerprint density at radius 2 is 1.09 bits per heavy atom. The zero-order valence-electron chi connectivity index (χ0n) is 16.2. The largest absolute Gasteiger partial charge is 0.460 e. The molecule has 0 bridgehead atoms. The van der Waals surface area contributed by atoms with E-state index in [0.717, 1.165) is 12.1 Å². The summed E-state index contributed by atoms with van der Waals surface area (Å²) in [5, 5.41) is 9.89. The Kier molecular flexibility index (Phi) is 7.57. The maximum absolute atomic E-state index is 14.2. The predicted molar refractivity (Wildman–Crippen MR) is 85.4 cm³/mol. The van der Waals surface area contributed by atoms with Crippen molar-refractivity contribution in [2.45, 2.75) is 68.6 Å². The first kappa shape index (κ1) is 28.3. The van der Waals surface area contributed by atoms with E-state index in [-0.39, 0.29) is 6.92 Å². The quantitative estimate of drug-likeness (QED) is 0.364. The molecular weight excluding hydrogens is 479 g/mol. The van der Waals surface area contributed by atoms with Crippen molar-refractivity contribution < 1.29 is 62.2 Å².